The molecule has 0 aromatic carbocycles. The molecule has 0 atom stereocenters. The molecule has 1 saturated carbocycles. The second kappa shape index (κ2) is 5.36. The topological polar surface area (TPSA) is 23.5 Å². The molecule has 1 fully saturated rings. The zero-order chi connectivity index (χ0) is 12.2. The van der Waals surface area contributed by atoms with Crippen LogP contribution in [0.4, 0.5) is 13.2 Å². The van der Waals surface area contributed by atoms with Gasteiger partial charge in [0.2, 0.25) is 0 Å². The van der Waals surface area contributed by atoms with Gasteiger partial charge in [-0.1, -0.05) is 26.2 Å². The molecule has 5 heteroatoms. The first-order chi connectivity index (χ1) is 7.35. The zero-order valence-corrected chi connectivity index (χ0v) is 9.69. The Hall–Kier alpha value is -0.290. The van der Waals surface area contributed by atoms with Crippen molar-refractivity contribution in [3.05, 3.63) is 0 Å². The van der Waals surface area contributed by atoms with Crippen molar-refractivity contribution in [1.82, 2.24) is 4.90 Å². The Bertz CT molecular complexity index is 212. The molecule has 0 radical (unpaired) electrons. The van der Waals surface area contributed by atoms with Gasteiger partial charge in [-0.2, -0.15) is 13.2 Å². The first-order valence-corrected chi connectivity index (χ1v) is 5.86. The summed E-state index contributed by atoms with van der Waals surface area (Å²) in [6.45, 7) is 1.23. The highest BCUT2D eigenvalue weighted by Crippen LogP contribution is 2.29. The van der Waals surface area contributed by atoms with Crippen LogP contribution in [0.5, 0.6) is 0 Å². The van der Waals surface area contributed by atoms with E-state index in [0.717, 1.165) is 19.3 Å². The molecule has 0 aromatic rings. The summed E-state index contributed by atoms with van der Waals surface area (Å²) in [6.07, 6.45) is -0.0163. The van der Waals surface area contributed by atoms with Crippen molar-refractivity contribution in [1.29, 1.82) is 0 Å². The van der Waals surface area contributed by atoms with Gasteiger partial charge in [-0.3, -0.25) is 4.90 Å². The minimum atomic E-state index is -4.18. The van der Waals surface area contributed by atoms with Crippen molar-refractivity contribution in [3.63, 3.8) is 0 Å². The lowest BCUT2D eigenvalue weighted by molar-refractivity contribution is -0.153. The molecule has 2 nitrogen and oxygen atoms in total. The minimum absolute atomic E-state index is 0.142. The monoisotopic (exact) mass is 239 g/mol. The maximum absolute atomic E-state index is 12.2. The number of aliphatic hydroxyl groups is 1. The molecule has 16 heavy (non-hydrogen) atoms. The molecule has 0 heterocycles. The summed E-state index contributed by atoms with van der Waals surface area (Å²) >= 11 is 0. The van der Waals surface area contributed by atoms with E-state index in [-0.39, 0.29) is 6.54 Å². The van der Waals surface area contributed by atoms with Gasteiger partial charge >= 0.3 is 6.18 Å². The average molecular weight is 239 g/mol. The van der Waals surface area contributed by atoms with E-state index in [0.29, 0.717) is 19.4 Å². The molecule has 1 rings (SSSR count). The number of rotatable bonds is 4. The zero-order valence-electron chi connectivity index (χ0n) is 9.69. The number of hydrogen-bond acceptors (Lipinski definition) is 2. The number of halogens is 3. The third-order valence-corrected chi connectivity index (χ3v) is 3.15. The fourth-order valence-corrected chi connectivity index (χ4v) is 2.32. The molecule has 1 aliphatic rings. The highest BCUT2D eigenvalue weighted by Gasteiger charge is 2.35. The summed E-state index contributed by atoms with van der Waals surface area (Å²) in [5.41, 5.74) is -0.903. The Balaban J connectivity index is 2.48. The highest BCUT2D eigenvalue weighted by molar-refractivity contribution is 4.85. The van der Waals surface area contributed by atoms with Crippen molar-refractivity contribution in [2.24, 2.45) is 0 Å². The van der Waals surface area contributed by atoms with Gasteiger partial charge in [-0.25, -0.2) is 0 Å². The van der Waals surface area contributed by atoms with Crippen LogP contribution in [0.25, 0.3) is 0 Å². The summed E-state index contributed by atoms with van der Waals surface area (Å²) in [7, 11) is 0. The van der Waals surface area contributed by atoms with Crippen LogP contribution in [-0.4, -0.2) is 41.4 Å². The number of alkyl halides is 3. The number of hydrogen-bond donors (Lipinski definition) is 1. The summed E-state index contributed by atoms with van der Waals surface area (Å²) in [4.78, 5) is 1.28. The number of nitrogens with zero attached hydrogens (tertiary/aromatic N) is 1. The van der Waals surface area contributed by atoms with Crippen LogP contribution < -0.4 is 0 Å². The van der Waals surface area contributed by atoms with Crippen LogP contribution in [0.3, 0.4) is 0 Å². The van der Waals surface area contributed by atoms with E-state index in [1.165, 1.54) is 4.90 Å². The van der Waals surface area contributed by atoms with E-state index in [4.69, 9.17) is 0 Å². The third kappa shape index (κ3) is 4.70. The van der Waals surface area contributed by atoms with Gasteiger partial charge in [-0.05, 0) is 19.4 Å². The summed E-state index contributed by atoms with van der Waals surface area (Å²) in [5.74, 6) is 0. The smallest absolute Gasteiger partial charge is 0.389 e. The predicted molar refractivity (Wildman–Crippen MR) is 56.2 cm³/mol. The van der Waals surface area contributed by atoms with Crippen LogP contribution in [-0.2, 0) is 0 Å². The van der Waals surface area contributed by atoms with Crippen LogP contribution in [0, 0.1) is 0 Å². The molecule has 0 aliphatic heterocycles. The van der Waals surface area contributed by atoms with E-state index in [9.17, 15) is 18.3 Å². The Labute approximate surface area is 94.4 Å². The van der Waals surface area contributed by atoms with Crippen LogP contribution >= 0.6 is 0 Å². The fourth-order valence-electron chi connectivity index (χ4n) is 2.32. The van der Waals surface area contributed by atoms with Crippen LogP contribution in [0.15, 0.2) is 0 Å². The summed E-state index contributed by atoms with van der Waals surface area (Å²) < 4.78 is 36.7. The molecule has 96 valence electrons. The number of likely N-dealkylation sites (N-methyl/N-ethyl adjacent to an activating group) is 1. The molecule has 0 spiro atoms. The molecule has 0 amide bonds. The lowest BCUT2D eigenvalue weighted by Crippen LogP contribution is -2.47. The maximum atomic E-state index is 12.2. The van der Waals surface area contributed by atoms with E-state index < -0.39 is 18.3 Å². The van der Waals surface area contributed by atoms with Crippen molar-refractivity contribution in [2.75, 3.05) is 19.6 Å². The normalized spacial score (nSPS) is 21.4. The Morgan fingerprint density at radius 2 is 1.75 bits per heavy atom. The lowest BCUT2D eigenvalue weighted by atomic mass is 9.84. The Kier molecular flexibility index (Phi) is 4.62. The van der Waals surface area contributed by atoms with Gasteiger partial charge in [-0.15, -0.1) is 0 Å². The third-order valence-electron chi connectivity index (χ3n) is 3.15. The van der Waals surface area contributed by atoms with E-state index in [2.05, 4.69) is 0 Å². The molecule has 1 N–H and O–H groups in total. The quantitative estimate of drug-likeness (QED) is 0.815. The molecular weight excluding hydrogens is 219 g/mol. The molecule has 0 bridgehead atoms. The van der Waals surface area contributed by atoms with Crippen LogP contribution in [0.2, 0.25) is 0 Å². The second-order valence-electron chi connectivity index (χ2n) is 4.70. The molecule has 0 saturated heterocycles. The van der Waals surface area contributed by atoms with Crippen LogP contribution in [0.1, 0.15) is 39.0 Å². The van der Waals surface area contributed by atoms with Crippen molar-refractivity contribution in [3.8, 4) is 0 Å². The molecule has 0 aromatic heterocycles. The van der Waals surface area contributed by atoms with Crippen molar-refractivity contribution in [2.45, 2.75) is 50.8 Å². The van der Waals surface area contributed by atoms with Crippen molar-refractivity contribution >= 4 is 0 Å². The van der Waals surface area contributed by atoms with Gasteiger partial charge in [0.25, 0.3) is 0 Å². The van der Waals surface area contributed by atoms with E-state index >= 15 is 0 Å². The fraction of sp³-hybridized carbons (Fsp3) is 1.00. The first-order valence-electron chi connectivity index (χ1n) is 5.86. The Morgan fingerprint density at radius 3 is 2.19 bits per heavy atom. The largest absolute Gasteiger partial charge is 0.401 e. The van der Waals surface area contributed by atoms with Gasteiger partial charge in [0, 0.05) is 6.54 Å². The second-order valence-corrected chi connectivity index (χ2v) is 4.70. The molecular formula is C11H20F3NO. The van der Waals surface area contributed by atoms with Gasteiger partial charge in [0.15, 0.2) is 0 Å². The first kappa shape index (κ1) is 13.8. The minimum Gasteiger partial charge on any atom is -0.389 e. The van der Waals surface area contributed by atoms with Gasteiger partial charge < -0.3 is 5.11 Å². The average Bonchev–Trinajstić information content (AvgIpc) is 2.15. The lowest BCUT2D eigenvalue weighted by Gasteiger charge is -2.36. The van der Waals surface area contributed by atoms with E-state index in [1.54, 1.807) is 6.92 Å². The standard InChI is InChI=1S/C11H20F3NO/c1-2-15(9-11(12,13)14)8-10(16)6-4-3-5-7-10/h16H,2-9H2,1H3. The maximum Gasteiger partial charge on any atom is 0.401 e. The molecule has 0 unspecified atom stereocenters. The van der Waals surface area contributed by atoms with Gasteiger partial charge in [0.1, 0.15) is 0 Å². The van der Waals surface area contributed by atoms with E-state index in [1.807, 2.05) is 0 Å². The van der Waals surface area contributed by atoms with Crippen molar-refractivity contribution < 1.29 is 18.3 Å². The SMILES string of the molecule is CCN(CC(F)(F)F)CC1(O)CCCCC1. The van der Waals surface area contributed by atoms with Gasteiger partial charge in [0.05, 0.1) is 12.1 Å². The summed E-state index contributed by atoms with van der Waals surface area (Å²) in [6, 6.07) is 0. The molecule has 1 aliphatic carbocycles. The summed E-state index contributed by atoms with van der Waals surface area (Å²) in [5, 5.41) is 10.2. The predicted octanol–water partition coefficient (Wildman–Crippen LogP) is 2.57. The highest BCUT2D eigenvalue weighted by atomic mass is 19.4. The Morgan fingerprint density at radius 1 is 1.19 bits per heavy atom.